The van der Waals surface area contributed by atoms with Crippen LogP contribution < -0.4 is 10.1 Å². The Morgan fingerprint density at radius 2 is 1.85 bits per heavy atom. The number of aryl methyl sites for hydroxylation is 2. The molecule has 0 aliphatic heterocycles. The third-order valence-corrected chi connectivity index (χ3v) is 4.14. The van der Waals surface area contributed by atoms with Gasteiger partial charge in [-0.05, 0) is 61.7 Å². The summed E-state index contributed by atoms with van der Waals surface area (Å²) >= 11 is 0. The summed E-state index contributed by atoms with van der Waals surface area (Å²) in [6, 6.07) is 13.9. The summed E-state index contributed by atoms with van der Waals surface area (Å²) in [5.74, 6) is 0.574. The van der Waals surface area contributed by atoms with Gasteiger partial charge in [0, 0.05) is 18.1 Å². The number of hydrogen-bond donors (Lipinski definition) is 1. The lowest BCUT2D eigenvalue weighted by Crippen LogP contribution is -2.31. The third kappa shape index (κ3) is 4.51. The Bertz CT molecular complexity index is 851. The van der Waals surface area contributed by atoms with E-state index in [4.69, 9.17) is 4.74 Å². The molecule has 1 N–H and O–H groups in total. The Labute approximate surface area is 153 Å². The Morgan fingerprint density at radius 1 is 1.15 bits per heavy atom. The second kappa shape index (κ2) is 7.87. The summed E-state index contributed by atoms with van der Waals surface area (Å²) in [4.78, 5) is 16.2. The highest BCUT2D eigenvalue weighted by Crippen LogP contribution is 2.17. The highest BCUT2D eigenvalue weighted by atomic mass is 16.5. The van der Waals surface area contributed by atoms with Crippen LogP contribution in [0.15, 0.2) is 61.2 Å². The highest BCUT2D eigenvalue weighted by molar-refractivity contribution is 5.78. The van der Waals surface area contributed by atoms with Gasteiger partial charge < -0.3 is 14.6 Å². The summed E-state index contributed by atoms with van der Waals surface area (Å²) in [7, 11) is 0. The quantitative estimate of drug-likeness (QED) is 0.737. The number of nitrogens with one attached hydrogen (secondary N) is 1. The predicted octanol–water partition coefficient (Wildman–Crippen LogP) is 3.75. The minimum Gasteiger partial charge on any atom is -0.484 e. The summed E-state index contributed by atoms with van der Waals surface area (Å²) < 4.78 is 7.55. The van der Waals surface area contributed by atoms with Crippen LogP contribution in [0.2, 0.25) is 0 Å². The minimum absolute atomic E-state index is 0.000351. The van der Waals surface area contributed by atoms with E-state index in [1.165, 1.54) is 0 Å². The lowest BCUT2D eigenvalue weighted by Gasteiger charge is -2.15. The van der Waals surface area contributed by atoms with Crippen molar-refractivity contribution in [3.63, 3.8) is 0 Å². The lowest BCUT2D eigenvalue weighted by atomic mass is 10.1. The molecule has 0 bridgehead atoms. The monoisotopic (exact) mass is 349 g/mol. The average molecular weight is 349 g/mol. The zero-order valence-corrected chi connectivity index (χ0v) is 15.3. The van der Waals surface area contributed by atoms with Gasteiger partial charge in [0.25, 0.3) is 5.91 Å². The maximum atomic E-state index is 12.2. The molecule has 0 fully saturated rings. The zero-order valence-electron chi connectivity index (χ0n) is 15.3. The van der Waals surface area contributed by atoms with Gasteiger partial charge in [-0.25, -0.2) is 4.98 Å². The number of nitrogens with zero attached hydrogens (tertiary/aromatic N) is 2. The van der Waals surface area contributed by atoms with Gasteiger partial charge in [-0.3, -0.25) is 4.79 Å². The van der Waals surface area contributed by atoms with E-state index in [0.29, 0.717) is 0 Å². The van der Waals surface area contributed by atoms with Crippen molar-refractivity contribution < 1.29 is 9.53 Å². The number of carbonyl (C=O) groups is 1. The molecule has 1 amide bonds. The van der Waals surface area contributed by atoms with Gasteiger partial charge in [-0.1, -0.05) is 18.2 Å². The van der Waals surface area contributed by atoms with Gasteiger partial charge in [0.05, 0.1) is 12.4 Å². The number of hydrogen-bond acceptors (Lipinski definition) is 3. The van der Waals surface area contributed by atoms with E-state index in [-0.39, 0.29) is 18.6 Å². The van der Waals surface area contributed by atoms with Crippen molar-refractivity contribution in [2.45, 2.75) is 26.8 Å². The minimum atomic E-state index is -0.143. The first-order chi connectivity index (χ1) is 12.5. The van der Waals surface area contributed by atoms with Gasteiger partial charge >= 0.3 is 0 Å². The van der Waals surface area contributed by atoms with E-state index in [0.717, 1.165) is 28.1 Å². The first-order valence-electron chi connectivity index (χ1n) is 8.60. The molecule has 0 unspecified atom stereocenters. The topological polar surface area (TPSA) is 56.1 Å². The lowest BCUT2D eigenvalue weighted by molar-refractivity contribution is -0.123. The largest absolute Gasteiger partial charge is 0.484 e. The molecule has 0 aliphatic carbocycles. The molecule has 1 atom stereocenters. The molecule has 0 saturated heterocycles. The molecule has 134 valence electrons. The van der Waals surface area contributed by atoms with Crippen molar-refractivity contribution >= 4 is 5.91 Å². The smallest absolute Gasteiger partial charge is 0.258 e. The number of imidazole rings is 1. The van der Waals surface area contributed by atoms with Gasteiger partial charge in [-0.15, -0.1) is 0 Å². The SMILES string of the molecule is Cc1cc(C)cc(OCC(=O)N[C@@H](C)c2ccc(-n3ccnc3)cc2)c1. The van der Waals surface area contributed by atoms with Crippen LogP contribution in [0.4, 0.5) is 0 Å². The van der Waals surface area contributed by atoms with E-state index >= 15 is 0 Å². The zero-order chi connectivity index (χ0) is 18.5. The van der Waals surface area contributed by atoms with E-state index in [9.17, 15) is 4.79 Å². The third-order valence-electron chi connectivity index (χ3n) is 4.14. The Morgan fingerprint density at radius 3 is 2.46 bits per heavy atom. The Balaban J connectivity index is 1.55. The summed E-state index contributed by atoms with van der Waals surface area (Å²) in [6.07, 6.45) is 5.39. The van der Waals surface area contributed by atoms with Crippen LogP contribution in [-0.4, -0.2) is 22.1 Å². The normalized spacial score (nSPS) is 11.8. The molecule has 0 radical (unpaired) electrons. The predicted molar refractivity (Wildman–Crippen MR) is 102 cm³/mol. The van der Waals surface area contributed by atoms with Gasteiger partial charge in [0.2, 0.25) is 0 Å². The fourth-order valence-corrected chi connectivity index (χ4v) is 2.88. The number of aromatic nitrogens is 2. The van der Waals surface area contributed by atoms with Crippen molar-refractivity contribution in [3.05, 3.63) is 77.9 Å². The molecule has 2 aromatic carbocycles. The van der Waals surface area contributed by atoms with Crippen LogP contribution in [0.3, 0.4) is 0 Å². The number of rotatable bonds is 6. The second-order valence-corrected chi connectivity index (χ2v) is 6.46. The summed E-state index contributed by atoms with van der Waals surface area (Å²) in [5, 5.41) is 2.97. The van der Waals surface area contributed by atoms with Crippen LogP contribution in [0.5, 0.6) is 5.75 Å². The molecule has 0 aliphatic rings. The maximum Gasteiger partial charge on any atom is 0.258 e. The van der Waals surface area contributed by atoms with Crippen LogP contribution in [-0.2, 0) is 4.79 Å². The molecule has 3 aromatic rings. The van der Waals surface area contributed by atoms with Crippen LogP contribution in [0.25, 0.3) is 5.69 Å². The summed E-state index contributed by atoms with van der Waals surface area (Å²) in [5.41, 5.74) is 4.30. The summed E-state index contributed by atoms with van der Waals surface area (Å²) in [6.45, 7) is 5.98. The number of ether oxygens (including phenoxy) is 1. The van der Waals surface area contributed by atoms with Crippen molar-refractivity contribution in [3.8, 4) is 11.4 Å². The van der Waals surface area contributed by atoms with Gasteiger partial charge in [0.1, 0.15) is 5.75 Å². The number of amides is 1. The molecule has 1 aromatic heterocycles. The number of carbonyl (C=O) groups excluding carboxylic acids is 1. The molecule has 0 spiro atoms. The van der Waals surface area contributed by atoms with Crippen LogP contribution in [0.1, 0.15) is 29.7 Å². The van der Waals surface area contributed by atoms with E-state index in [1.807, 2.05) is 67.9 Å². The Hall–Kier alpha value is -3.08. The fraction of sp³-hybridized carbons (Fsp3) is 0.238. The van der Waals surface area contributed by atoms with Gasteiger partial charge in [0.15, 0.2) is 6.61 Å². The van der Waals surface area contributed by atoms with Crippen LogP contribution >= 0.6 is 0 Å². The standard InChI is InChI=1S/C21H23N3O2/c1-15-10-16(2)12-20(11-15)26-13-21(25)23-17(3)18-4-6-19(7-5-18)24-9-8-22-14-24/h4-12,14,17H,13H2,1-3H3,(H,23,25)/t17-/m0/s1. The van der Waals surface area contributed by atoms with Gasteiger partial charge in [-0.2, -0.15) is 0 Å². The molecule has 5 nitrogen and oxygen atoms in total. The molecule has 5 heteroatoms. The van der Waals surface area contributed by atoms with Crippen LogP contribution in [0, 0.1) is 13.8 Å². The number of benzene rings is 2. The maximum absolute atomic E-state index is 12.2. The average Bonchev–Trinajstić information content (AvgIpc) is 3.14. The first-order valence-corrected chi connectivity index (χ1v) is 8.60. The molecule has 3 rings (SSSR count). The van der Waals surface area contributed by atoms with Crippen molar-refractivity contribution in [2.24, 2.45) is 0 Å². The van der Waals surface area contributed by atoms with Crippen molar-refractivity contribution in [2.75, 3.05) is 6.61 Å². The van der Waals surface area contributed by atoms with Crippen molar-refractivity contribution in [1.82, 2.24) is 14.9 Å². The first kappa shape index (κ1) is 17.7. The molecular weight excluding hydrogens is 326 g/mol. The van der Waals surface area contributed by atoms with E-state index in [2.05, 4.69) is 16.4 Å². The molecule has 1 heterocycles. The molecule has 26 heavy (non-hydrogen) atoms. The Kier molecular flexibility index (Phi) is 5.37. The highest BCUT2D eigenvalue weighted by Gasteiger charge is 2.10. The van der Waals surface area contributed by atoms with E-state index in [1.54, 1.807) is 12.5 Å². The van der Waals surface area contributed by atoms with E-state index < -0.39 is 0 Å². The second-order valence-electron chi connectivity index (χ2n) is 6.46. The molecular formula is C21H23N3O2. The van der Waals surface area contributed by atoms with Crippen molar-refractivity contribution in [1.29, 1.82) is 0 Å². The fourth-order valence-electron chi connectivity index (χ4n) is 2.88. The molecule has 0 saturated carbocycles.